The van der Waals surface area contributed by atoms with Crippen molar-refractivity contribution in [1.82, 2.24) is 14.7 Å². The normalized spacial score (nSPS) is 14.3. The number of anilines is 1. The molecule has 0 radical (unpaired) electrons. The van der Waals surface area contributed by atoms with Gasteiger partial charge in [-0.2, -0.15) is 18.3 Å². The first-order valence-corrected chi connectivity index (χ1v) is 12.2. The van der Waals surface area contributed by atoms with Crippen LogP contribution in [0.5, 0.6) is 0 Å². The second-order valence-electron chi connectivity index (χ2n) is 8.66. The molecule has 6 nitrogen and oxygen atoms in total. The zero-order valence-corrected chi connectivity index (χ0v) is 21.1. The van der Waals surface area contributed by atoms with Gasteiger partial charge in [0.25, 0.3) is 5.91 Å². The van der Waals surface area contributed by atoms with Gasteiger partial charge in [-0.3, -0.25) is 4.79 Å². The Morgan fingerprint density at radius 3 is 2.32 bits per heavy atom. The molecule has 1 aliphatic heterocycles. The highest BCUT2D eigenvalue weighted by Gasteiger charge is 2.32. The van der Waals surface area contributed by atoms with Gasteiger partial charge in [0, 0.05) is 37.9 Å². The van der Waals surface area contributed by atoms with Crippen molar-refractivity contribution in [3.63, 3.8) is 0 Å². The van der Waals surface area contributed by atoms with E-state index in [1.165, 1.54) is 10.7 Å². The molecule has 11 heteroatoms. The Morgan fingerprint density at radius 1 is 0.919 bits per heavy atom. The van der Waals surface area contributed by atoms with E-state index in [9.17, 15) is 18.0 Å². The maximum absolute atomic E-state index is 13.6. The van der Waals surface area contributed by atoms with Gasteiger partial charge in [0.05, 0.1) is 21.3 Å². The predicted molar refractivity (Wildman–Crippen MR) is 136 cm³/mol. The Balaban J connectivity index is 1.41. The van der Waals surface area contributed by atoms with Crippen molar-refractivity contribution >= 4 is 34.8 Å². The summed E-state index contributed by atoms with van der Waals surface area (Å²) in [5.41, 5.74) is 1.10. The molecule has 0 unspecified atom stereocenters. The average molecular weight is 549 g/mol. The lowest BCUT2D eigenvalue weighted by molar-refractivity contribution is -0.137. The van der Waals surface area contributed by atoms with E-state index in [0.717, 1.165) is 12.1 Å². The smallest absolute Gasteiger partial charge is 0.416 e. The highest BCUT2D eigenvalue weighted by atomic mass is 35.5. The molecule has 4 aromatic rings. The molecular weight excluding hydrogens is 528 g/mol. The standard InChI is InChI=1S/C26H21Cl2F3N4O2/c1-16-5-8-24(37-16)22-15-23(35(32-22)19-6-7-20(27)21(28)14-19)25(36)34-11-9-33(10-12-34)18-4-2-3-17(13-18)26(29,30)31/h2-8,13-15H,9-12H2,1H3. The Morgan fingerprint density at radius 2 is 1.68 bits per heavy atom. The molecule has 0 spiro atoms. The average Bonchev–Trinajstić information content (AvgIpc) is 3.52. The number of amides is 1. The molecule has 1 fully saturated rings. The second-order valence-corrected chi connectivity index (χ2v) is 9.48. The van der Waals surface area contributed by atoms with Crippen LogP contribution in [0, 0.1) is 6.92 Å². The lowest BCUT2D eigenvalue weighted by Crippen LogP contribution is -2.49. The van der Waals surface area contributed by atoms with Crippen LogP contribution in [0.3, 0.4) is 0 Å². The number of alkyl halides is 3. The quantitative estimate of drug-likeness (QED) is 0.283. The zero-order valence-electron chi connectivity index (χ0n) is 19.6. The predicted octanol–water partition coefficient (Wildman–Crippen LogP) is 6.73. The van der Waals surface area contributed by atoms with Crippen LogP contribution in [-0.4, -0.2) is 46.8 Å². The summed E-state index contributed by atoms with van der Waals surface area (Å²) in [5, 5.41) is 5.29. The van der Waals surface area contributed by atoms with Gasteiger partial charge in [-0.05, 0) is 55.5 Å². The third-order valence-electron chi connectivity index (χ3n) is 6.17. The van der Waals surface area contributed by atoms with Crippen LogP contribution in [-0.2, 0) is 6.18 Å². The molecule has 1 saturated heterocycles. The number of hydrogen-bond donors (Lipinski definition) is 0. The van der Waals surface area contributed by atoms with Crippen molar-refractivity contribution < 1.29 is 22.4 Å². The first-order valence-electron chi connectivity index (χ1n) is 11.4. The molecule has 0 saturated carbocycles. The fourth-order valence-electron chi connectivity index (χ4n) is 4.25. The van der Waals surface area contributed by atoms with E-state index in [1.807, 2.05) is 17.9 Å². The Bertz CT molecular complexity index is 1460. The number of carbonyl (C=O) groups excluding carboxylic acids is 1. The van der Waals surface area contributed by atoms with Crippen LogP contribution < -0.4 is 4.90 Å². The maximum Gasteiger partial charge on any atom is 0.416 e. The number of hydrogen-bond acceptors (Lipinski definition) is 4. The largest absolute Gasteiger partial charge is 0.460 e. The number of carbonyl (C=O) groups is 1. The molecule has 2 aromatic carbocycles. The number of halogens is 5. The van der Waals surface area contributed by atoms with E-state index in [4.69, 9.17) is 27.6 Å². The van der Waals surface area contributed by atoms with Gasteiger partial charge in [0.15, 0.2) is 5.76 Å². The number of nitrogens with zero attached hydrogens (tertiary/aromatic N) is 4. The first kappa shape index (κ1) is 25.2. The molecule has 3 heterocycles. The van der Waals surface area contributed by atoms with E-state index in [0.29, 0.717) is 70.5 Å². The summed E-state index contributed by atoms with van der Waals surface area (Å²) in [6.45, 7) is 3.25. The van der Waals surface area contributed by atoms with E-state index >= 15 is 0 Å². The molecule has 192 valence electrons. The fourth-order valence-corrected chi connectivity index (χ4v) is 4.54. The van der Waals surface area contributed by atoms with Crippen LogP contribution >= 0.6 is 23.2 Å². The third-order valence-corrected chi connectivity index (χ3v) is 6.91. The van der Waals surface area contributed by atoms with Crippen LogP contribution in [0.2, 0.25) is 10.0 Å². The number of piperazine rings is 1. The summed E-state index contributed by atoms with van der Waals surface area (Å²) in [6.07, 6.45) is -4.42. The molecular formula is C26H21Cl2F3N4O2. The SMILES string of the molecule is Cc1ccc(-c2cc(C(=O)N3CCN(c4cccc(C(F)(F)F)c4)CC3)n(-c3ccc(Cl)c(Cl)c3)n2)o1. The van der Waals surface area contributed by atoms with Gasteiger partial charge in [0.2, 0.25) is 0 Å². The number of benzene rings is 2. The van der Waals surface area contributed by atoms with E-state index in [2.05, 4.69) is 5.10 Å². The van der Waals surface area contributed by atoms with Gasteiger partial charge in [-0.15, -0.1) is 0 Å². The number of furan rings is 1. The second kappa shape index (κ2) is 9.79. The lowest BCUT2D eigenvalue weighted by atomic mass is 10.1. The van der Waals surface area contributed by atoms with Gasteiger partial charge in [0.1, 0.15) is 17.1 Å². The van der Waals surface area contributed by atoms with Gasteiger partial charge in [-0.25, -0.2) is 4.68 Å². The minimum atomic E-state index is -4.42. The summed E-state index contributed by atoms with van der Waals surface area (Å²) in [6, 6.07) is 15.4. The molecule has 1 aliphatic rings. The van der Waals surface area contributed by atoms with Crippen molar-refractivity contribution in [2.45, 2.75) is 13.1 Å². The van der Waals surface area contributed by atoms with E-state index < -0.39 is 11.7 Å². The van der Waals surface area contributed by atoms with Gasteiger partial charge in [-0.1, -0.05) is 29.3 Å². The minimum Gasteiger partial charge on any atom is -0.460 e. The molecule has 0 N–H and O–H groups in total. The molecule has 0 bridgehead atoms. The topological polar surface area (TPSA) is 54.5 Å². The monoisotopic (exact) mass is 548 g/mol. The minimum absolute atomic E-state index is 0.267. The molecule has 0 aliphatic carbocycles. The van der Waals surface area contributed by atoms with Gasteiger partial charge < -0.3 is 14.2 Å². The first-order chi connectivity index (χ1) is 17.6. The molecule has 5 rings (SSSR count). The van der Waals surface area contributed by atoms with Crippen molar-refractivity contribution in [1.29, 1.82) is 0 Å². The van der Waals surface area contributed by atoms with Gasteiger partial charge >= 0.3 is 6.18 Å². The van der Waals surface area contributed by atoms with E-state index in [1.54, 1.807) is 41.3 Å². The van der Waals surface area contributed by atoms with Crippen LogP contribution in [0.1, 0.15) is 21.8 Å². The summed E-state index contributed by atoms with van der Waals surface area (Å²) in [5.74, 6) is 0.953. The Hall–Kier alpha value is -3.43. The zero-order chi connectivity index (χ0) is 26.3. The highest BCUT2D eigenvalue weighted by molar-refractivity contribution is 6.42. The molecule has 0 atom stereocenters. The van der Waals surface area contributed by atoms with Crippen molar-refractivity contribution in [3.05, 3.63) is 87.7 Å². The van der Waals surface area contributed by atoms with Crippen LogP contribution in [0.25, 0.3) is 17.1 Å². The third kappa shape index (κ3) is 5.19. The summed E-state index contributed by atoms with van der Waals surface area (Å²) >= 11 is 12.3. The molecule has 37 heavy (non-hydrogen) atoms. The summed E-state index contributed by atoms with van der Waals surface area (Å²) in [7, 11) is 0. The van der Waals surface area contributed by atoms with Crippen molar-refractivity contribution in [2.75, 3.05) is 31.1 Å². The Labute approximate surface area is 220 Å². The van der Waals surface area contributed by atoms with Crippen LogP contribution in [0.15, 0.2) is 65.1 Å². The lowest BCUT2D eigenvalue weighted by Gasteiger charge is -2.36. The fraction of sp³-hybridized carbons (Fsp3) is 0.231. The number of rotatable bonds is 4. The number of aromatic nitrogens is 2. The molecule has 2 aromatic heterocycles. The maximum atomic E-state index is 13.6. The Kier molecular flexibility index (Phi) is 6.68. The van der Waals surface area contributed by atoms with Crippen LogP contribution in [0.4, 0.5) is 18.9 Å². The van der Waals surface area contributed by atoms with Crippen molar-refractivity contribution in [2.24, 2.45) is 0 Å². The number of aryl methyl sites for hydroxylation is 1. The summed E-state index contributed by atoms with van der Waals surface area (Å²) in [4.78, 5) is 17.1. The summed E-state index contributed by atoms with van der Waals surface area (Å²) < 4.78 is 46.6. The molecule has 1 amide bonds. The van der Waals surface area contributed by atoms with E-state index in [-0.39, 0.29) is 5.91 Å². The highest BCUT2D eigenvalue weighted by Crippen LogP contribution is 2.32. The van der Waals surface area contributed by atoms with Crippen molar-refractivity contribution in [3.8, 4) is 17.1 Å².